The summed E-state index contributed by atoms with van der Waals surface area (Å²) >= 11 is 0. The first-order chi connectivity index (χ1) is 9.86. The number of fused-ring (bicyclic) bond motifs is 1. The zero-order chi connectivity index (χ0) is 15.2. The predicted octanol–water partition coefficient (Wildman–Crippen LogP) is 2.65. The van der Waals surface area contributed by atoms with E-state index in [0.717, 1.165) is 11.8 Å². The van der Waals surface area contributed by atoms with Gasteiger partial charge >= 0.3 is 0 Å². The highest BCUT2D eigenvalue weighted by Crippen LogP contribution is 2.31. The highest BCUT2D eigenvalue weighted by Gasteiger charge is 2.16. The number of aryl methyl sites for hydroxylation is 1. The number of H-pyrrole nitrogens is 1. The molecule has 3 aromatic rings. The molecule has 5 nitrogen and oxygen atoms in total. The van der Waals surface area contributed by atoms with Gasteiger partial charge in [-0.1, -0.05) is 17.7 Å². The number of aromatic hydroxyl groups is 1. The number of aromatic amines is 1. The van der Waals surface area contributed by atoms with Crippen molar-refractivity contribution in [3.05, 3.63) is 42.0 Å². The molecule has 0 radical (unpaired) electrons. The lowest BCUT2D eigenvalue weighted by molar-refractivity contribution is 0.477. The minimum atomic E-state index is -3.36. The van der Waals surface area contributed by atoms with Crippen LogP contribution in [0, 0.1) is 6.92 Å². The Morgan fingerprint density at radius 1 is 1.19 bits per heavy atom. The van der Waals surface area contributed by atoms with Crippen molar-refractivity contribution in [2.45, 2.75) is 11.8 Å². The Balaban J connectivity index is 2.30. The predicted molar refractivity (Wildman–Crippen MR) is 81.0 cm³/mol. The number of para-hydroxylation sites is 1. The van der Waals surface area contributed by atoms with Gasteiger partial charge in [0, 0.05) is 6.26 Å². The molecule has 1 aromatic heterocycles. The Labute approximate surface area is 122 Å². The third-order valence-corrected chi connectivity index (χ3v) is 4.41. The van der Waals surface area contributed by atoms with E-state index in [1.165, 1.54) is 6.07 Å². The first-order valence-electron chi connectivity index (χ1n) is 6.35. The fourth-order valence-electron chi connectivity index (χ4n) is 2.27. The highest BCUT2D eigenvalue weighted by molar-refractivity contribution is 7.91. The molecule has 0 unspecified atom stereocenters. The van der Waals surface area contributed by atoms with Gasteiger partial charge in [-0.2, -0.15) is 0 Å². The minimum absolute atomic E-state index is 0.0977. The van der Waals surface area contributed by atoms with Gasteiger partial charge in [-0.15, -0.1) is 0 Å². The molecule has 1 heterocycles. The van der Waals surface area contributed by atoms with Gasteiger partial charge in [0.25, 0.3) is 0 Å². The summed E-state index contributed by atoms with van der Waals surface area (Å²) in [4.78, 5) is 7.59. The molecule has 0 atom stereocenters. The van der Waals surface area contributed by atoms with Crippen molar-refractivity contribution < 1.29 is 13.5 Å². The molecule has 2 N–H and O–H groups in total. The number of nitrogens with one attached hydrogen (secondary N) is 1. The van der Waals surface area contributed by atoms with Crippen molar-refractivity contribution in [2.75, 3.05) is 6.26 Å². The van der Waals surface area contributed by atoms with Crippen LogP contribution in [-0.2, 0) is 9.84 Å². The summed E-state index contributed by atoms with van der Waals surface area (Å²) in [5.41, 5.74) is 2.53. The number of aromatic nitrogens is 2. The molecule has 0 saturated carbocycles. The topological polar surface area (TPSA) is 83.1 Å². The fourth-order valence-corrected chi connectivity index (χ4v) is 3.10. The molecule has 0 aliphatic rings. The summed E-state index contributed by atoms with van der Waals surface area (Å²) in [6.07, 6.45) is 1.15. The van der Waals surface area contributed by atoms with Gasteiger partial charge in [0.2, 0.25) is 0 Å². The van der Waals surface area contributed by atoms with Crippen molar-refractivity contribution in [1.82, 2.24) is 9.97 Å². The van der Waals surface area contributed by atoms with Gasteiger partial charge in [-0.05, 0) is 31.2 Å². The summed E-state index contributed by atoms with van der Waals surface area (Å²) in [6, 6.07) is 10.1. The van der Waals surface area contributed by atoms with Crippen LogP contribution < -0.4 is 0 Å². The summed E-state index contributed by atoms with van der Waals surface area (Å²) in [7, 11) is -3.36. The molecule has 0 saturated heterocycles. The van der Waals surface area contributed by atoms with E-state index in [1.807, 2.05) is 6.92 Å². The van der Waals surface area contributed by atoms with Crippen molar-refractivity contribution >= 4 is 20.9 Å². The first kappa shape index (κ1) is 13.6. The second kappa shape index (κ2) is 4.60. The summed E-state index contributed by atoms with van der Waals surface area (Å²) in [5, 5.41) is 9.96. The normalized spacial score (nSPS) is 11.9. The zero-order valence-electron chi connectivity index (χ0n) is 11.6. The summed E-state index contributed by atoms with van der Waals surface area (Å²) in [5.74, 6) is 0.544. The lowest BCUT2D eigenvalue weighted by Crippen LogP contribution is -1.97. The lowest BCUT2D eigenvalue weighted by Gasteiger charge is -2.02. The van der Waals surface area contributed by atoms with Crippen LogP contribution in [0.15, 0.2) is 41.3 Å². The largest absolute Gasteiger partial charge is 0.507 e. The Kier molecular flexibility index (Phi) is 2.98. The number of phenolic OH excluding ortho intramolecular Hbond substituents is 1. The van der Waals surface area contributed by atoms with E-state index in [1.54, 1.807) is 30.3 Å². The van der Waals surface area contributed by atoms with Gasteiger partial charge < -0.3 is 10.1 Å². The molecule has 6 heteroatoms. The third-order valence-electron chi connectivity index (χ3n) is 3.28. The Bertz CT molecular complexity index is 943. The Morgan fingerprint density at radius 2 is 1.95 bits per heavy atom. The lowest BCUT2D eigenvalue weighted by atomic mass is 10.1. The number of hydrogen-bond acceptors (Lipinski definition) is 4. The van der Waals surface area contributed by atoms with Gasteiger partial charge in [-0.3, -0.25) is 0 Å². The minimum Gasteiger partial charge on any atom is -0.507 e. The molecule has 0 spiro atoms. The average molecular weight is 302 g/mol. The quantitative estimate of drug-likeness (QED) is 0.762. The standard InChI is InChI=1S/C15H14N2O3S/c1-9-6-7-12(18)10(8-9)15-16-11-4-3-5-13(14(11)17-15)21(2,19)20/h3-8,18H,1-2H3,(H,16,17). The monoisotopic (exact) mass is 302 g/mol. The number of sulfone groups is 1. The average Bonchev–Trinajstić information content (AvgIpc) is 2.83. The molecule has 2 aromatic carbocycles. The Hall–Kier alpha value is -2.34. The summed E-state index contributed by atoms with van der Waals surface area (Å²) < 4.78 is 23.6. The molecule has 3 rings (SSSR count). The van der Waals surface area contributed by atoms with Crippen molar-refractivity contribution in [3.8, 4) is 17.1 Å². The second-order valence-corrected chi connectivity index (χ2v) is 7.01. The van der Waals surface area contributed by atoms with E-state index in [9.17, 15) is 13.5 Å². The van der Waals surface area contributed by atoms with Gasteiger partial charge in [0.05, 0.1) is 16.0 Å². The van der Waals surface area contributed by atoms with E-state index < -0.39 is 9.84 Å². The van der Waals surface area contributed by atoms with Crippen LogP contribution in [0.5, 0.6) is 5.75 Å². The molecule has 0 amide bonds. The smallest absolute Gasteiger partial charge is 0.177 e. The molecule has 108 valence electrons. The van der Waals surface area contributed by atoms with Crippen LogP contribution in [-0.4, -0.2) is 29.7 Å². The maximum Gasteiger partial charge on any atom is 0.177 e. The van der Waals surface area contributed by atoms with Crippen LogP contribution in [0.3, 0.4) is 0 Å². The number of phenols is 1. The molecule has 0 bridgehead atoms. The maximum absolute atomic E-state index is 11.8. The number of benzene rings is 2. The van der Waals surface area contributed by atoms with E-state index in [-0.39, 0.29) is 10.6 Å². The van der Waals surface area contributed by atoms with Crippen molar-refractivity contribution in [1.29, 1.82) is 0 Å². The van der Waals surface area contributed by atoms with Gasteiger partial charge in [0.1, 0.15) is 17.1 Å². The molecule has 21 heavy (non-hydrogen) atoms. The molecule has 0 fully saturated rings. The van der Waals surface area contributed by atoms with Crippen LogP contribution >= 0.6 is 0 Å². The summed E-state index contributed by atoms with van der Waals surface area (Å²) in [6.45, 7) is 1.91. The zero-order valence-corrected chi connectivity index (χ0v) is 12.4. The first-order valence-corrected chi connectivity index (χ1v) is 8.24. The molecule has 0 aliphatic heterocycles. The number of rotatable bonds is 2. The second-order valence-electron chi connectivity index (χ2n) is 5.03. The van der Waals surface area contributed by atoms with E-state index in [4.69, 9.17) is 0 Å². The van der Waals surface area contributed by atoms with Crippen LogP contribution in [0.4, 0.5) is 0 Å². The maximum atomic E-state index is 11.8. The number of hydrogen-bond donors (Lipinski definition) is 2. The number of nitrogens with zero attached hydrogens (tertiary/aromatic N) is 1. The van der Waals surface area contributed by atoms with E-state index in [2.05, 4.69) is 9.97 Å². The van der Waals surface area contributed by atoms with Crippen molar-refractivity contribution in [3.63, 3.8) is 0 Å². The highest BCUT2D eigenvalue weighted by atomic mass is 32.2. The Morgan fingerprint density at radius 3 is 2.67 bits per heavy atom. The van der Waals surface area contributed by atoms with E-state index >= 15 is 0 Å². The third kappa shape index (κ3) is 2.38. The van der Waals surface area contributed by atoms with Crippen LogP contribution in [0.1, 0.15) is 5.56 Å². The van der Waals surface area contributed by atoms with E-state index in [0.29, 0.717) is 22.4 Å². The van der Waals surface area contributed by atoms with Crippen LogP contribution in [0.2, 0.25) is 0 Å². The SMILES string of the molecule is Cc1ccc(O)c(-c2nc3c(S(C)(=O)=O)cccc3[nH]2)c1. The number of imidazole rings is 1. The van der Waals surface area contributed by atoms with Crippen LogP contribution in [0.25, 0.3) is 22.4 Å². The van der Waals surface area contributed by atoms with Crippen molar-refractivity contribution in [2.24, 2.45) is 0 Å². The fraction of sp³-hybridized carbons (Fsp3) is 0.133. The molecule has 0 aliphatic carbocycles. The molecular formula is C15H14N2O3S. The van der Waals surface area contributed by atoms with Gasteiger partial charge in [0.15, 0.2) is 9.84 Å². The molecular weight excluding hydrogens is 288 g/mol. The van der Waals surface area contributed by atoms with Gasteiger partial charge in [-0.25, -0.2) is 13.4 Å².